The van der Waals surface area contributed by atoms with Crippen LogP contribution in [0.4, 0.5) is 5.69 Å². The summed E-state index contributed by atoms with van der Waals surface area (Å²) in [5, 5.41) is -0.265. The molecule has 5 heteroatoms. The van der Waals surface area contributed by atoms with E-state index in [0.29, 0.717) is 27.0 Å². The van der Waals surface area contributed by atoms with Crippen LogP contribution in [-0.4, -0.2) is 6.29 Å². The van der Waals surface area contributed by atoms with Crippen molar-refractivity contribution in [2.45, 2.75) is 5.38 Å². The Labute approximate surface area is 94.1 Å². The van der Waals surface area contributed by atoms with Crippen molar-refractivity contribution in [3.63, 3.8) is 0 Å². The first kappa shape index (κ1) is 10.8. The number of halogens is 3. The smallest absolute Gasteiger partial charge is 0.142 e. The second-order valence-electron chi connectivity index (χ2n) is 2.43. The third-order valence-electron chi connectivity index (χ3n) is 1.54. The van der Waals surface area contributed by atoms with Gasteiger partial charge in [0.25, 0.3) is 0 Å². The zero-order chi connectivity index (χ0) is 10.0. The summed E-state index contributed by atoms with van der Waals surface area (Å²) in [4.78, 5) is 10.4. The summed E-state index contributed by atoms with van der Waals surface area (Å²) in [5.74, 6) is 0. The zero-order valence-electron chi connectivity index (χ0n) is 6.43. The van der Waals surface area contributed by atoms with Gasteiger partial charge in [-0.25, -0.2) is 0 Å². The molecule has 0 aromatic heterocycles. The summed E-state index contributed by atoms with van der Waals surface area (Å²) in [6.45, 7) is 0. The largest absolute Gasteiger partial charge is 0.398 e. The first-order valence-electron chi connectivity index (χ1n) is 3.40. The van der Waals surface area contributed by atoms with E-state index in [-0.39, 0.29) is 0 Å². The number of nitrogens with two attached hydrogens (primary N) is 1. The Morgan fingerprint density at radius 1 is 1.54 bits per heavy atom. The lowest BCUT2D eigenvalue weighted by Gasteiger charge is -2.08. The number of rotatable bonds is 2. The topological polar surface area (TPSA) is 43.1 Å². The highest BCUT2D eigenvalue weighted by Crippen LogP contribution is 2.33. The van der Waals surface area contributed by atoms with Crippen LogP contribution >= 0.6 is 39.1 Å². The molecular formula is C8H6BrCl2NO. The number of anilines is 1. The van der Waals surface area contributed by atoms with Crippen molar-refractivity contribution in [2.75, 3.05) is 5.73 Å². The molecule has 1 rings (SSSR count). The third kappa shape index (κ3) is 2.36. The molecule has 0 radical (unpaired) electrons. The first-order valence-corrected chi connectivity index (χ1v) is 5.00. The van der Waals surface area contributed by atoms with Gasteiger partial charge in [-0.05, 0) is 28.1 Å². The maximum atomic E-state index is 10.4. The molecule has 0 fully saturated rings. The minimum Gasteiger partial charge on any atom is -0.398 e. The predicted molar refractivity (Wildman–Crippen MR) is 58.2 cm³/mol. The van der Waals surface area contributed by atoms with Crippen LogP contribution in [0.1, 0.15) is 10.9 Å². The van der Waals surface area contributed by atoms with Crippen molar-refractivity contribution < 1.29 is 4.79 Å². The van der Waals surface area contributed by atoms with Crippen molar-refractivity contribution in [2.24, 2.45) is 0 Å². The SMILES string of the molecule is Nc1c(Br)cc(Cl)cc1C(Cl)C=O. The van der Waals surface area contributed by atoms with E-state index in [0.717, 1.165) is 0 Å². The molecule has 1 aromatic rings. The van der Waals surface area contributed by atoms with E-state index < -0.39 is 5.38 Å². The Kier molecular flexibility index (Phi) is 3.59. The van der Waals surface area contributed by atoms with Crippen LogP contribution in [0, 0.1) is 0 Å². The van der Waals surface area contributed by atoms with Gasteiger partial charge in [-0.1, -0.05) is 11.6 Å². The molecule has 0 heterocycles. The molecule has 0 saturated carbocycles. The molecule has 2 nitrogen and oxygen atoms in total. The lowest BCUT2D eigenvalue weighted by Crippen LogP contribution is -1.99. The summed E-state index contributed by atoms with van der Waals surface area (Å²) in [5.41, 5.74) is 6.64. The summed E-state index contributed by atoms with van der Waals surface area (Å²) in [7, 11) is 0. The third-order valence-corrected chi connectivity index (χ3v) is 2.76. The fourth-order valence-electron chi connectivity index (χ4n) is 0.906. The Morgan fingerprint density at radius 3 is 2.69 bits per heavy atom. The van der Waals surface area contributed by atoms with Crippen LogP contribution in [0.25, 0.3) is 0 Å². The summed E-state index contributed by atoms with van der Waals surface area (Å²) in [6, 6.07) is 3.22. The second kappa shape index (κ2) is 4.31. The van der Waals surface area contributed by atoms with Crippen LogP contribution in [0.2, 0.25) is 5.02 Å². The summed E-state index contributed by atoms with van der Waals surface area (Å²) >= 11 is 14.7. The van der Waals surface area contributed by atoms with Gasteiger partial charge in [0, 0.05) is 15.1 Å². The number of nitrogen functional groups attached to an aromatic ring is 1. The minimum atomic E-state index is -0.755. The number of hydrogen-bond donors (Lipinski definition) is 1. The molecule has 13 heavy (non-hydrogen) atoms. The van der Waals surface area contributed by atoms with Gasteiger partial charge in [-0.2, -0.15) is 0 Å². The van der Waals surface area contributed by atoms with Crippen LogP contribution in [-0.2, 0) is 4.79 Å². The predicted octanol–water partition coefficient (Wildman–Crippen LogP) is 3.16. The number of hydrogen-bond acceptors (Lipinski definition) is 2. The highest BCUT2D eigenvalue weighted by Gasteiger charge is 2.13. The van der Waals surface area contributed by atoms with Crippen molar-refractivity contribution in [3.05, 3.63) is 27.2 Å². The van der Waals surface area contributed by atoms with Crippen LogP contribution in [0.15, 0.2) is 16.6 Å². The molecule has 0 aliphatic carbocycles. The monoisotopic (exact) mass is 281 g/mol. The highest BCUT2D eigenvalue weighted by molar-refractivity contribution is 9.10. The van der Waals surface area contributed by atoms with E-state index in [1.165, 1.54) is 0 Å². The summed E-state index contributed by atoms with van der Waals surface area (Å²) < 4.78 is 0.641. The van der Waals surface area contributed by atoms with Gasteiger partial charge in [0.15, 0.2) is 0 Å². The molecular weight excluding hydrogens is 277 g/mol. The lowest BCUT2D eigenvalue weighted by molar-refractivity contribution is -0.107. The van der Waals surface area contributed by atoms with Gasteiger partial charge in [-0.15, -0.1) is 11.6 Å². The maximum Gasteiger partial charge on any atom is 0.142 e. The van der Waals surface area contributed by atoms with E-state index in [2.05, 4.69) is 15.9 Å². The van der Waals surface area contributed by atoms with Crippen molar-refractivity contribution >= 4 is 51.1 Å². The quantitative estimate of drug-likeness (QED) is 0.514. The van der Waals surface area contributed by atoms with Gasteiger partial charge in [0.2, 0.25) is 0 Å². The van der Waals surface area contributed by atoms with E-state index in [9.17, 15) is 4.79 Å². The molecule has 1 unspecified atom stereocenters. The average Bonchev–Trinajstić information content (AvgIpc) is 2.10. The lowest BCUT2D eigenvalue weighted by atomic mass is 10.1. The van der Waals surface area contributed by atoms with Crippen LogP contribution < -0.4 is 5.73 Å². The molecule has 0 spiro atoms. The van der Waals surface area contributed by atoms with Crippen molar-refractivity contribution in [1.29, 1.82) is 0 Å². The number of benzene rings is 1. The van der Waals surface area contributed by atoms with Crippen molar-refractivity contribution in [3.8, 4) is 0 Å². The molecule has 0 saturated heterocycles. The highest BCUT2D eigenvalue weighted by atomic mass is 79.9. The van der Waals surface area contributed by atoms with Gasteiger partial charge >= 0.3 is 0 Å². The molecule has 1 aromatic carbocycles. The molecule has 1 atom stereocenters. The normalized spacial score (nSPS) is 12.5. The fraction of sp³-hybridized carbons (Fsp3) is 0.125. The Balaban J connectivity index is 3.27. The van der Waals surface area contributed by atoms with Gasteiger partial charge in [0.05, 0.1) is 5.69 Å². The van der Waals surface area contributed by atoms with Crippen molar-refractivity contribution in [1.82, 2.24) is 0 Å². The second-order valence-corrected chi connectivity index (χ2v) is 4.19. The minimum absolute atomic E-state index is 0.441. The molecule has 0 aliphatic heterocycles. The molecule has 70 valence electrons. The fourth-order valence-corrected chi connectivity index (χ4v) is 1.92. The molecule has 0 amide bonds. The van der Waals surface area contributed by atoms with E-state index >= 15 is 0 Å². The van der Waals surface area contributed by atoms with Gasteiger partial charge in [0.1, 0.15) is 11.7 Å². The Morgan fingerprint density at radius 2 is 2.15 bits per heavy atom. The number of carbonyl (C=O) groups is 1. The Bertz CT molecular complexity index is 343. The maximum absolute atomic E-state index is 10.4. The Hall–Kier alpha value is -0.250. The molecule has 2 N–H and O–H groups in total. The molecule has 0 aliphatic rings. The van der Waals surface area contributed by atoms with Gasteiger partial charge in [-0.3, -0.25) is 0 Å². The van der Waals surface area contributed by atoms with Crippen LogP contribution in [0.3, 0.4) is 0 Å². The van der Waals surface area contributed by atoms with E-state index in [1.807, 2.05) is 0 Å². The number of alkyl halides is 1. The van der Waals surface area contributed by atoms with E-state index in [1.54, 1.807) is 12.1 Å². The number of aldehydes is 1. The van der Waals surface area contributed by atoms with E-state index in [4.69, 9.17) is 28.9 Å². The average molecular weight is 283 g/mol. The zero-order valence-corrected chi connectivity index (χ0v) is 9.53. The molecule has 0 bridgehead atoms. The number of carbonyl (C=O) groups excluding carboxylic acids is 1. The summed E-state index contributed by atoms with van der Waals surface area (Å²) in [6.07, 6.45) is 0.607. The van der Waals surface area contributed by atoms with Crippen LogP contribution in [0.5, 0.6) is 0 Å². The standard InChI is InChI=1S/C8H6BrCl2NO/c9-6-2-4(10)1-5(8(6)12)7(11)3-13/h1-3,7H,12H2. The first-order chi connectivity index (χ1) is 6.06. The van der Waals surface area contributed by atoms with Gasteiger partial charge < -0.3 is 10.5 Å².